The molecule has 0 atom stereocenters. The summed E-state index contributed by atoms with van der Waals surface area (Å²) in [5, 5.41) is 7.68. The highest BCUT2D eigenvalue weighted by atomic mass is 79.9. The highest BCUT2D eigenvalue weighted by molar-refractivity contribution is 9.10. The van der Waals surface area contributed by atoms with Gasteiger partial charge < -0.3 is 5.32 Å². The second kappa shape index (κ2) is 5.52. The lowest BCUT2D eigenvalue weighted by Gasteiger charge is -2.01. The minimum Gasteiger partial charge on any atom is -0.319 e. The summed E-state index contributed by atoms with van der Waals surface area (Å²) in [6, 6.07) is 3.90. The molecule has 0 bridgehead atoms. The van der Waals surface area contributed by atoms with Crippen molar-refractivity contribution < 1.29 is 0 Å². The van der Waals surface area contributed by atoms with Crippen LogP contribution in [0.25, 0.3) is 10.6 Å². The molecule has 0 aliphatic carbocycles. The van der Waals surface area contributed by atoms with Gasteiger partial charge in [0, 0.05) is 20.0 Å². The Balaban J connectivity index is 2.36. The fourth-order valence-electron chi connectivity index (χ4n) is 1.65. The fraction of sp³-hybridized carbons (Fsp3) is 0.364. The maximum Gasteiger partial charge on any atom is 0.117 e. The molecule has 17 heavy (non-hydrogen) atoms. The van der Waals surface area contributed by atoms with Crippen molar-refractivity contribution in [2.24, 2.45) is 7.05 Å². The van der Waals surface area contributed by atoms with Gasteiger partial charge in [-0.1, -0.05) is 11.6 Å². The molecule has 0 aliphatic heterocycles. The van der Waals surface area contributed by atoms with Crippen LogP contribution in [0.5, 0.6) is 0 Å². The lowest BCUT2D eigenvalue weighted by molar-refractivity contribution is 0.681. The van der Waals surface area contributed by atoms with Gasteiger partial charge in [-0.25, -0.2) is 0 Å². The summed E-state index contributed by atoms with van der Waals surface area (Å²) in [5.74, 6) is 0. The zero-order valence-electron chi connectivity index (χ0n) is 9.63. The number of hydrogen-bond acceptors (Lipinski definition) is 3. The van der Waals surface area contributed by atoms with Gasteiger partial charge in [0.1, 0.15) is 5.69 Å². The molecule has 1 N–H and O–H groups in total. The second-order valence-corrected chi connectivity index (χ2v) is 6.20. The van der Waals surface area contributed by atoms with Crippen LogP contribution >= 0.6 is 38.9 Å². The first-order valence-corrected chi connectivity index (χ1v) is 7.24. The third-order valence-electron chi connectivity index (χ3n) is 2.52. The number of rotatable bonds is 4. The molecular formula is C11H13BrClN3S. The van der Waals surface area contributed by atoms with Crippen LogP contribution in [-0.4, -0.2) is 23.4 Å². The van der Waals surface area contributed by atoms with Crippen LogP contribution in [0.15, 0.2) is 16.6 Å². The second-order valence-electron chi connectivity index (χ2n) is 3.69. The molecule has 0 saturated heterocycles. The Hall–Kier alpha value is -0.360. The third kappa shape index (κ3) is 2.73. The van der Waals surface area contributed by atoms with Crippen molar-refractivity contribution in [3.8, 4) is 10.6 Å². The van der Waals surface area contributed by atoms with E-state index in [-0.39, 0.29) is 0 Å². The van der Waals surface area contributed by atoms with Crippen LogP contribution in [0.4, 0.5) is 0 Å². The molecule has 2 aromatic heterocycles. The maximum atomic E-state index is 5.95. The number of nitrogens with one attached hydrogen (secondary N) is 1. The summed E-state index contributed by atoms with van der Waals surface area (Å²) in [6.07, 6.45) is 0.944. The Morgan fingerprint density at radius 3 is 2.88 bits per heavy atom. The van der Waals surface area contributed by atoms with Gasteiger partial charge in [0.25, 0.3) is 0 Å². The van der Waals surface area contributed by atoms with Crippen LogP contribution in [0.3, 0.4) is 0 Å². The van der Waals surface area contributed by atoms with Crippen molar-refractivity contribution in [3.05, 3.63) is 26.6 Å². The zero-order valence-corrected chi connectivity index (χ0v) is 12.8. The number of aryl methyl sites for hydroxylation is 1. The van der Waals surface area contributed by atoms with E-state index >= 15 is 0 Å². The molecule has 0 saturated carbocycles. The van der Waals surface area contributed by atoms with Crippen LogP contribution in [0.1, 0.15) is 5.69 Å². The van der Waals surface area contributed by atoms with Gasteiger partial charge in [0.05, 0.1) is 19.4 Å². The molecule has 2 heterocycles. The topological polar surface area (TPSA) is 29.9 Å². The Labute approximate surface area is 118 Å². The van der Waals surface area contributed by atoms with Crippen LogP contribution < -0.4 is 5.32 Å². The highest BCUT2D eigenvalue weighted by Gasteiger charge is 2.16. The highest BCUT2D eigenvalue weighted by Crippen LogP contribution is 2.36. The summed E-state index contributed by atoms with van der Waals surface area (Å²) >= 11 is 11.1. The van der Waals surface area contributed by atoms with Crippen LogP contribution in [-0.2, 0) is 13.5 Å². The van der Waals surface area contributed by atoms with Crippen molar-refractivity contribution in [2.45, 2.75) is 6.42 Å². The number of hydrogen-bond donors (Lipinski definition) is 1. The average molecular weight is 335 g/mol. The van der Waals surface area contributed by atoms with Gasteiger partial charge in [-0.3, -0.25) is 4.68 Å². The van der Waals surface area contributed by atoms with Gasteiger partial charge in [-0.05, 0) is 35.1 Å². The Morgan fingerprint density at radius 2 is 2.29 bits per heavy atom. The summed E-state index contributed by atoms with van der Waals surface area (Å²) < 4.78 is 3.77. The number of thiophene rings is 1. The fourth-order valence-corrected chi connectivity index (χ4v) is 3.56. The van der Waals surface area contributed by atoms with Gasteiger partial charge in [0.15, 0.2) is 0 Å². The number of likely N-dealkylation sites (N-methyl/N-ethyl adjacent to an activating group) is 1. The summed E-state index contributed by atoms with van der Waals surface area (Å²) in [6.45, 7) is 0.933. The predicted molar refractivity (Wildman–Crippen MR) is 76.9 cm³/mol. The van der Waals surface area contributed by atoms with E-state index in [0.29, 0.717) is 0 Å². The van der Waals surface area contributed by atoms with E-state index in [4.69, 9.17) is 11.6 Å². The van der Waals surface area contributed by atoms with Crippen LogP contribution in [0, 0.1) is 0 Å². The molecule has 0 amide bonds. The Morgan fingerprint density at radius 1 is 1.53 bits per heavy atom. The monoisotopic (exact) mass is 333 g/mol. The van der Waals surface area contributed by atoms with Crippen molar-refractivity contribution in [1.29, 1.82) is 0 Å². The molecule has 92 valence electrons. The molecule has 0 fully saturated rings. The largest absolute Gasteiger partial charge is 0.319 e. The van der Waals surface area contributed by atoms with E-state index in [2.05, 4.69) is 26.3 Å². The molecule has 0 aliphatic rings. The third-order valence-corrected chi connectivity index (χ3v) is 4.59. The molecule has 2 rings (SSSR count). The lowest BCUT2D eigenvalue weighted by atomic mass is 10.2. The minimum absolute atomic E-state index is 0.786. The van der Waals surface area contributed by atoms with Crippen molar-refractivity contribution in [2.75, 3.05) is 13.6 Å². The summed E-state index contributed by atoms with van der Waals surface area (Å²) in [4.78, 5) is 1.09. The summed E-state index contributed by atoms with van der Waals surface area (Å²) in [7, 11) is 3.92. The molecular weight excluding hydrogens is 322 g/mol. The molecule has 0 unspecified atom stereocenters. The van der Waals surface area contributed by atoms with E-state index in [1.165, 1.54) is 5.69 Å². The van der Waals surface area contributed by atoms with Crippen molar-refractivity contribution in [3.63, 3.8) is 0 Å². The van der Waals surface area contributed by atoms with E-state index in [1.54, 1.807) is 11.3 Å². The van der Waals surface area contributed by atoms with Crippen molar-refractivity contribution in [1.82, 2.24) is 15.1 Å². The standard InChI is InChI=1S/C11H13BrClN3S/c1-14-6-5-7-10(12)11(15-16(7)2)8-3-4-9(13)17-8/h3-4,14H,5-6H2,1-2H3. The normalized spacial score (nSPS) is 11.1. The summed E-state index contributed by atoms with van der Waals surface area (Å²) in [5.41, 5.74) is 2.16. The molecule has 6 heteroatoms. The number of halogens is 2. The smallest absolute Gasteiger partial charge is 0.117 e. The lowest BCUT2D eigenvalue weighted by Crippen LogP contribution is -2.12. The van der Waals surface area contributed by atoms with Crippen molar-refractivity contribution >= 4 is 38.9 Å². The average Bonchev–Trinajstić information content (AvgIpc) is 2.82. The Bertz CT molecular complexity index is 521. The van der Waals surface area contributed by atoms with Gasteiger partial charge in [-0.2, -0.15) is 5.10 Å². The number of nitrogens with zero attached hydrogens (tertiary/aromatic N) is 2. The first kappa shape index (κ1) is 13.1. The predicted octanol–water partition coefficient (Wildman–Crippen LogP) is 3.33. The molecule has 3 nitrogen and oxygen atoms in total. The van der Waals surface area contributed by atoms with Gasteiger partial charge in [0.2, 0.25) is 0 Å². The van der Waals surface area contributed by atoms with E-state index in [0.717, 1.165) is 32.3 Å². The molecule has 0 radical (unpaired) electrons. The van der Waals surface area contributed by atoms with Crippen LogP contribution in [0.2, 0.25) is 4.34 Å². The quantitative estimate of drug-likeness (QED) is 0.929. The van der Waals surface area contributed by atoms with Gasteiger partial charge in [-0.15, -0.1) is 11.3 Å². The zero-order chi connectivity index (χ0) is 12.4. The first-order chi connectivity index (χ1) is 8.13. The molecule has 2 aromatic rings. The SMILES string of the molecule is CNCCc1c(Br)c(-c2ccc(Cl)s2)nn1C. The van der Waals surface area contributed by atoms with E-state index in [1.807, 2.05) is 30.9 Å². The number of aromatic nitrogens is 2. The van der Waals surface area contributed by atoms with Gasteiger partial charge >= 0.3 is 0 Å². The minimum atomic E-state index is 0.786. The molecule has 0 aromatic carbocycles. The van der Waals surface area contributed by atoms with E-state index < -0.39 is 0 Å². The first-order valence-electron chi connectivity index (χ1n) is 5.25. The van der Waals surface area contributed by atoms with E-state index in [9.17, 15) is 0 Å². The molecule has 0 spiro atoms. The maximum absolute atomic E-state index is 5.95. The Kier molecular flexibility index (Phi) is 4.25.